The predicted molar refractivity (Wildman–Crippen MR) is 102 cm³/mol. The lowest BCUT2D eigenvalue weighted by Gasteiger charge is -2.33. The van der Waals surface area contributed by atoms with Crippen molar-refractivity contribution < 1.29 is 18.3 Å². The van der Waals surface area contributed by atoms with Crippen LogP contribution in [0.2, 0.25) is 0 Å². The molecule has 1 saturated heterocycles. The standard InChI is InChI=1S/C21H32F2N2O2/c1-5-27-20(26)8-6-7-15(4)24-19-11-12-25(14(2)3)21(19)16-9-10-17(22)18(23)13-16/h9-10,13-15,19,21,24H,5-8,11-12H2,1-4H3/t15-,19+,21-/m0/s1. The van der Waals surface area contributed by atoms with Gasteiger partial charge in [0.2, 0.25) is 0 Å². The maximum Gasteiger partial charge on any atom is 0.305 e. The van der Waals surface area contributed by atoms with Crippen molar-refractivity contribution in [2.75, 3.05) is 13.2 Å². The van der Waals surface area contributed by atoms with Crippen molar-refractivity contribution >= 4 is 5.97 Å². The molecule has 1 heterocycles. The Morgan fingerprint density at radius 3 is 2.67 bits per heavy atom. The minimum Gasteiger partial charge on any atom is -0.466 e. The highest BCUT2D eigenvalue weighted by atomic mass is 19.2. The number of ether oxygens (including phenoxy) is 1. The van der Waals surface area contributed by atoms with E-state index in [0.717, 1.165) is 31.4 Å². The SMILES string of the molecule is CCOC(=O)CCC[C@H](C)N[C@@H]1CCN(C(C)C)[C@H]1c1ccc(F)c(F)c1. The fourth-order valence-corrected chi connectivity index (χ4v) is 3.92. The third kappa shape index (κ3) is 5.98. The molecule has 0 amide bonds. The van der Waals surface area contributed by atoms with Crippen molar-refractivity contribution in [2.45, 2.75) is 77.5 Å². The van der Waals surface area contributed by atoms with Gasteiger partial charge >= 0.3 is 5.97 Å². The second-order valence-corrected chi connectivity index (χ2v) is 7.61. The molecule has 6 heteroatoms. The van der Waals surface area contributed by atoms with Crippen LogP contribution in [0, 0.1) is 11.6 Å². The van der Waals surface area contributed by atoms with Crippen molar-refractivity contribution in [3.8, 4) is 0 Å². The van der Waals surface area contributed by atoms with Crippen LogP contribution in [0.5, 0.6) is 0 Å². The number of nitrogens with zero attached hydrogens (tertiary/aromatic N) is 1. The van der Waals surface area contributed by atoms with Gasteiger partial charge in [0.05, 0.1) is 12.6 Å². The molecule has 1 aliphatic heterocycles. The topological polar surface area (TPSA) is 41.6 Å². The van der Waals surface area contributed by atoms with Crippen LogP contribution < -0.4 is 5.32 Å². The molecule has 1 aromatic rings. The van der Waals surface area contributed by atoms with Gasteiger partial charge in [0.25, 0.3) is 0 Å². The van der Waals surface area contributed by atoms with Gasteiger partial charge in [-0.05, 0) is 64.7 Å². The van der Waals surface area contributed by atoms with Crippen LogP contribution in [0.1, 0.15) is 65.0 Å². The zero-order valence-corrected chi connectivity index (χ0v) is 16.8. The van der Waals surface area contributed by atoms with E-state index in [1.807, 2.05) is 0 Å². The Balaban J connectivity index is 2.01. The predicted octanol–water partition coefficient (Wildman–Crippen LogP) is 4.20. The lowest BCUT2D eigenvalue weighted by Crippen LogP contribution is -2.42. The van der Waals surface area contributed by atoms with Crippen LogP contribution in [-0.4, -0.2) is 42.1 Å². The molecule has 1 fully saturated rings. The van der Waals surface area contributed by atoms with Gasteiger partial charge in [0.1, 0.15) is 0 Å². The molecule has 1 aromatic carbocycles. The second kappa shape index (κ2) is 10.1. The monoisotopic (exact) mass is 382 g/mol. The average molecular weight is 382 g/mol. The molecule has 0 radical (unpaired) electrons. The zero-order valence-electron chi connectivity index (χ0n) is 16.8. The smallest absolute Gasteiger partial charge is 0.305 e. The Morgan fingerprint density at radius 1 is 1.30 bits per heavy atom. The molecule has 0 saturated carbocycles. The number of likely N-dealkylation sites (tertiary alicyclic amines) is 1. The molecule has 152 valence electrons. The summed E-state index contributed by atoms with van der Waals surface area (Å²) in [5.41, 5.74) is 0.802. The lowest BCUT2D eigenvalue weighted by atomic mass is 9.97. The largest absolute Gasteiger partial charge is 0.466 e. The van der Waals surface area contributed by atoms with E-state index >= 15 is 0 Å². The van der Waals surface area contributed by atoms with Gasteiger partial charge in [0.15, 0.2) is 11.6 Å². The summed E-state index contributed by atoms with van der Waals surface area (Å²) in [6.45, 7) is 9.48. The second-order valence-electron chi connectivity index (χ2n) is 7.61. The van der Waals surface area contributed by atoms with Crippen molar-refractivity contribution in [1.29, 1.82) is 0 Å². The van der Waals surface area contributed by atoms with Crippen LogP contribution >= 0.6 is 0 Å². The summed E-state index contributed by atoms with van der Waals surface area (Å²) in [6.07, 6.45) is 3.00. The first-order valence-corrected chi connectivity index (χ1v) is 9.95. The molecule has 1 aliphatic rings. The third-order valence-corrected chi connectivity index (χ3v) is 5.21. The Morgan fingerprint density at radius 2 is 2.04 bits per heavy atom. The van der Waals surface area contributed by atoms with Gasteiger partial charge in [-0.25, -0.2) is 8.78 Å². The summed E-state index contributed by atoms with van der Waals surface area (Å²) < 4.78 is 32.1. The van der Waals surface area contributed by atoms with Gasteiger partial charge in [-0.3, -0.25) is 9.69 Å². The fraction of sp³-hybridized carbons (Fsp3) is 0.667. The number of nitrogens with one attached hydrogen (secondary N) is 1. The maximum atomic E-state index is 13.8. The summed E-state index contributed by atoms with van der Waals surface area (Å²) in [7, 11) is 0. The van der Waals surface area contributed by atoms with E-state index in [1.165, 1.54) is 12.1 Å². The summed E-state index contributed by atoms with van der Waals surface area (Å²) in [5, 5.41) is 3.64. The van der Waals surface area contributed by atoms with E-state index in [0.29, 0.717) is 19.1 Å². The molecule has 0 aromatic heterocycles. The number of carbonyl (C=O) groups excluding carboxylic acids is 1. The summed E-state index contributed by atoms with van der Waals surface area (Å²) >= 11 is 0. The van der Waals surface area contributed by atoms with Gasteiger partial charge < -0.3 is 10.1 Å². The molecule has 0 aliphatic carbocycles. The molecular weight excluding hydrogens is 350 g/mol. The molecule has 0 bridgehead atoms. The van der Waals surface area contributed by atoms with E-state index in [9.17, 15) is 13.6 Å². The average Bonchev–Trinajstić information content (AvgIpc) is 3.01. The van der Waals surface area contributed by atoms with Crippen LogP contribution in [-0.2, 0) is 9.53 Å². The van der Waals surface area contributed by atoms with E-state index in [2.05, 4.69) is 31.0 Å². The summed E-state index contributed by atoms with van der Waals surface area (Å²) in [4.78, 5) is 13.8. The highest BCUT2D eigenvalue weighted by molar-refractivity contribution is 5.69. The normalized spacial score (nSPS) is 21.6. The third-order valence-electron chi connectivity index (χ3n) is 5.21. The quantitative estimate of drug-likeness (QED) is 0.650. The van der Waals surface area contributed by atoms with Crippen molar-refractivity contribution in [2.24, 2.45) is 0 Å². The maximum absolute atomic E-state index is 13.8. The lowest BCUT2D eigenvalue weighted by molar-refractivity contribution is -0.143. The molecule has 1 N–H and O–H groups in total. The van der Waals surface area contributed by atoms with Crippen LogP contribution in [0.3, 0.4) is 0 Å². The summed E-state index contributed by atoms with van der Waals surface area (Å²) in [6, 6.07) is 4.92. The number of esters is 1. The van der Waals surface area contributed by atoms with Crippen LogP contribution in [0.4, 0.5) is 8.78 Å². The molecular formula is C21H32F2N2O2. The fourth-order valence-electron chi connectivity index (χ4n) is 3.92. The number of carbonyl (C=O) groups is 1. The van der Waals surface area contributed by atoms with Gasteiger partial charge in [0, 0.05) is 31.1 Å². The van der Waals surface area contributed by atoms with Gasteiger partial charge in [-0.1, -0.05) is 6.07 Å². The Kier molecular flexibility index (Phi) is 8.17. The minimum atomic E-state index is -0.815. The number of benzene rings is 1. The highest BCUT2D eigenvalue weighted by Crippen LogP contribution is 2.35. The number of hydrogen-bond acceptors (Lipinski definition) is 4. The molecule has 27 heavy (non-hydrogen) atoms. The first kappa shape index (κ1) is 21.8. The Hall–Kier alpha value is -1.53. The minimum absolute atomic E-state index is 0.00704. The van der Waals surface area contributed by atoms with Crippen molar-refractivity contribution in [3.05, 3.63) is 35.4 Å². The van der Waals surface area contributed by atoms with Crippen molar-refractivity contribution in [3.63, 3.8) is 0 Å². The molecule has 0 spiro atoms. The van der Waals surface area contributed by atoms with E-state index in [-0.39, 0.29) is 24.1 Å². The Labute approximate surface area is 161 Å². The molecule has 2 rings (SSSR count). The highest BCUT2D eigenvalue weighted by Gasteiger charge is 2.37. The van der Waals surface area contributed by atoms with E-state index in [1.54, 1.807) is 13.0 Å². The van der Waals surface area contributed by atoms with Crippen molar-refractivity contribution in [1.82, 2.24) is 10.2 Å². The summed E-state index contributed by atoms with van der Waals surface area (Å²) in [5.74, 6) is -1.77. The Bertz CT molecular complexity index is 624. The first-order valence-electron chi connectivity index (χ1n) is 9.95. The van der Waals surface area contributed by atoms with Gasteiger partial charge in [-0.15, -0.1) is 0 Å². The number of halogens is 2. The van der Waals surface area contributed by atoms with Crippen LogP contribution in [0.25, 0.3) is 0 Å². The van der Waals surface area contributed by atoms with Crippen LogP contribution in [0.15, 0.2) is 18.2 Å². The molecule has 4 nitrogen and oxygen atoms in total. The van der Waals surface area contributed by atoms with Gasteiger partial charge in [-0.2, -0.15) is 0 Å². The number of rotatable bonds is 9. The van der Waals surface area contributed by atoms with E-state index < -0.39 is 11.6 Å². The number of hydrogen-bond donors (Lipinski definition) is 1. The zero-order chi connectivity index (χ0) is 20.0. The first-order chi connectivity index (χ1) is 12.8. The molecule has 3 atom stereocenters. The van der Waals surface area contributed by atoms with E-state index in [4.69, 9.17) is 4.74 Å². The molecule has 0 unspecified atom stereocenters.